The van der Waals surface area contributed by atoms with Crippen LogP contribution in [0, 0.1) is 0 Å². The molecule has 0 bridgehead atoms. The van der Waals surface area contributed by atoms with E-state index in [9.17, 15) is 14.4 Å². The zero-order valence-corrected chi connectivity index (χ0v) is 52.0. The molecule has 0 saturated carbocycles. The van der Waals surface area contributed by atoms with Crippen molar-refractivity contribution in [3.05, 3.63) is 170 Å². The zero-order valence-electron chi connectivity index (χ0n) is 52.0. The van der Waals surface area contributed by atoms with Gasteiger partial charge in [-0.1, -0.05) is 281 Å². The fourth-order valence-corrected chi connectivity index (χ4v) is 8.40. The summed E-state index contributed by atoms with van der Waals surface area (Å²) in [7, 11) is 0. The Labute approximate surface area is 498 Å². The van der Waals surface area contributed by atoms with Crippen molar-refractivity contribution in [2.45, 2.75) is 271 Å². The van der Waals surface area contributed by atoms with Crippen molar-refractivity contribution < 1.29 is 28.6 Å². The molecule has 6 heteroatoms. The number of ether oxygens (including phenoxy) is 3. The Balaban J connectivity index is 4.44. The molecule has 0 aliphatic carbocycles. The van der Waals surface area contributed by atoms with Gasteiger partial charge in [-0.05, 0) is 135 Å². The molecule has 0 heterocycles. The lowest BCUT2D eigenvalue weighted by molar-refractivity contribution is -0.167. The molecule has 0 spiro atoms. The second-order valence-corrected chi connectivity index (χ2v) is 20.9. The molecule has 454 valence electrons. The minimum atomic E-state index is -0.813. The minimum absolute atomic E-state index is 0.104. The third-order valence-corrected chi connectivity index (χ3v) is 13.2. The molecule has 0 aromatic rings. The van der Waals surface area contributed by atoms with E-state index in [1.54, 1.807) is 0 Å². The van der Waals surface area contributed by atoms with Gasteiger partial charge < -0.3 is 14.2 Å². The molecular weight excluding hydrogens is 997 g/mol. The molecule has 1 atom stereocenters. The SMILES string of the molecule is CC/C=C\C/C=C\C/C=C\C/C=C\C/C=C\C/C=C\C/C=C\CCCCCCCC(=O)OCC(COC(=O)CCCCCCCCCCCCC)OC(=O)CCCCC/C=C\C/C=C\C/C=C\C/C=C\C/C=C\C/C=C\C/C=C\CC. The molecular formula is C75H118O6. The highest BCUT2D eigenvalue weighted by Crippen LogP contribution is 2.14. The maximum Gasteiger partial charge on any atom is 0.306 e. The number of unbranched alkanes of at least 4 members (excludes halogenated alkanes) is 18. The van der Waals surface area contributed by atoms with Gasteiger partial charge in [0.25, 0.3) is 0 Å². The Kier molecular flexibility index (Phi) is 62.9. The van der Waals surface area contributed by atoms with Gasteiger partial charge in [0.15, 0.2) is 6.10 Å². The lowest BCUT2D eigenvalue weighted by Gasteiger charge is -2.18. The molecule has 0 aromatic heterocycles. The third kappa shape index (κ3) is 65.5. The normalized spacial score (nSPS) is 13.3. The van der Waals surface area contributed by atoms with Crippen LogP contribution in [-0.4, -0.2) is 37.2 Å². The Hall–Kier alpha value is -5.23. The van der Waals surface area contributed by atoms with Crippen molar-refractivity contribution in [3.8, 4) is 0 Å². The fraction of sp³-hybridized carbons (Fsp3) is 0.587. The van der Waals surface area contributed by atoms with Gasteiger partial charge >= 0.3 is 17.9 Å². The molecule has 6 nitrogen and oxygen atoms in total. The van der Waals surface area contributed by atoms with Gasteiger partial charge in [-0.2, -0.15) is 0 Å². The summed E-state index contributed by atoms with van der Waals surface area (Å²) in [4.78, 5) is 38.3. The standard InChI is InChI=1S/C75H118O6/c1-4-7-10-13-16-19-22-24-26-28-30-32-34-36-37-39-40-42-44-46-48-50-53-56-59-62-65-68-74(77)80-71-72(70-79-73(76)67-64-61-58-55-52-21-18-15-12-9-6-3)81-75(78)69-66-63-60-57-54-51-49-47-45-43-41-38-35-33-31-29-27-25-23-20-17-14-11-8-5-2/h7-8,10-11,16-17,19-20,24-27,30-33,36-38,40-42,45-48,51,54,72H,4-6,9,12-15,18,21-23,28-29,34-35,39,43-44,49-50,52-53,55-71H2,1-3H3/b10-7-,11-8-,19-16-,20-17-,26-24-,27-25-,32-30-,33-31-,37-36-,41-38-,42-40-,47-45-,48-46-,54-51-. The minimum Gasteiger partial charge on any atom is -0.462 e. The number of allylic oxidation sites excluding steroid dienone is 28. The summed E-state index contributed by atoms with van der Waals surface area (Å²) in [6, 6.07) is 0. The summed E-state index contributed by atoms with van der Waals surface area (Å²) in [6.45, 7) is 6.36. The van der Waals surface area contributed by atoms with Crippen LogP contribution < -0.4 is 0 Å². The van der Waals surface area contributed by atoms with Gasteiger partial charge in [-0.25, -0.2) is 0 Å². The third-order valence-electron chi connectivity index (χ3n) is 13.2. The molecule has 0 aromatic carbocycles. The van der Waals surface area contributed by atoms with Crippen LogP contribution in [0.2, 0.25) is 0 Å². The van der Waals surface area contributed by atoms with Crippen LogP contribution in [0.15, 0.2) is 170 Å². The first-order valence-corrected chi connectivity index (χ1v) is 32.6. The predicted molar refractivity (Wildman–Crippen MR) is 352 cm³/mol. The number of carbonyl (C=O) groups excluding carboxylic acids is 3. The van der Waals surface area contributed by atoms with Crippen molar-refractivity contribution in [1.82, 2.24) is 0 Å². The van der Waals surface area contributed by atoms with E-state index < -0.39 is 6.10 Å². The van der Waals surface area contributed by atoms with E-state index >= 15 is 0 Å². The number of rotatable bonds is 57. The van der Waals surface area contributed by atoms with E-state index in [4.69, 9.17) is 14.2 Å². The van der Waals surface area contributed by atoms with Crippen LogP contribution in [-0.2, 0) is 28.6 Å². The second kappa shape index (κ2) is 67.3. The highest BCUT2D eigenvalue weighted by Gasteiger charge is 2.19. The molecule has 0 saturated heterocycles. The zero-order chi connectivity index (χ0) is 58.5. The van der Waals surface area contributed by atoms with E-state index in [2.05, 4.69) is 191 Å². The first-order valence-electron chi connectivity index (χ1n) is 32.6. The second-order valence-electron chi connectivity index (χ2n) is 20.9. The van der Waals surface area contributed by atoms with Gasteiger partial charge in [-0.3, -0.25) is 14.4 Å². The smallest absolute Gasteiger partial charge is 0.306 e. The van der Waals surface area contributed by atoms with Crippen LogP contribution in [0.5, 0.6) is 0 Å². The highest BCUT2D eigenvalue weighted by molar-refractivity contribution is 5.71. The summed E-state index contributed by atoms with van der Waals surface area (Å²) in [5.74, 6) is -0.962. The lowest BCUT2D eigenvalue weighted by atomic mass is 10.1. The van der Waals surface area contributed by atoms with Crippen LogP contribution in [0.1, 0.15) is 265 Å². The molecule has 1 unspecified atom stereocenters. The molecule has 81 heavy (non-hydrogen) atoms. The quantitative estimate of drug-likeness (QED) is 0.0261. The molecule has 0 rings (SSSR count). The topological polar surface area (TPSA) is 78.9 Å². The summed E-state index contributed by atoms with van der Waals surface area (Å²) in [5.41, 5.74) is 0. The Morgan fingerprint density at radius 2 is 0.481 bits per heavy atom. The van der Waals surface area contributed by atoms with E-state index in [1.807, 2.05) is 0 Å². The lowest BCUT2D eigenvalue weighted by Crippen LogP contribution is -2.30. The largest absolute Gasteiger partial charge is 0.462 e. The summed E-state index contributed by atoms with van der Waals surface area (Å²) < 4.78 is 16.9. The number of hydrogen-bond acceptors (Lipinski definition) is 6. The van der Waals surface area contributed by atoms with Crippen molar-refractivity contribution in [1.29, 1.82) is 0 Å². The van der Waals surface area contributed by atoms with Crippen molar-refractivity contribution in [2.24, 2.45) is 0 Å². The van der Waals surface area contributed by atoms with Crippen LogP contribution >= 0.6 is 0 Å². The Bertz CT molecular complexity index is 1860. The van der Waals surface area contributed by atoms with Gasteiger partial charge in [0, 0.05) is 19.3 Å². The average Bonchev–Trinajstić information content (AvgIpc) is 3.47. The highest BCUT2D eigenvalue weighted by atomic mass is 16.6. The van der Waals surface area contributed by atoms with Gasteiger partial charge in [-0.15, -0.1) is 0 Å². The number of esters is 3. The van der Waals surface area contributed by atoms with E-state index in [-0.39, 0.29) is 37.5 Å². The predicted octanol–water partition coefficient (Wildman–Crippen LogP) is 22.7. The van der Waals surface area contributed by atoms with Gasteiger partial charge in [0.05, 0.1) is 0 Å². The van der Waals surface area contributed by atoms with E-state index in [1.165, 1.54) is 51.4 Å². The summed E-state index contributed by atoms with van der Waals surface area (Å²) in [6.07, 6.45) is 99.3. The Morgan fingerprint density at radius 3 is 0.765 bits per heavy atom. The van der Waals surface area contributed by atoms with Crippen LogP contribution in [0.4, 0.5) is 0 Å². The molecule has 0 amide bonds. The van der Waals surface area contributed by atoms with Gasteiger partial charge in [0.1, 0.15) is 13.2 Å². The molecule has 0 aliphatic rings. The molecule has 0 radical (unpaired) electrons. The van der Waals surface area contributed by atoms with E-state index in [0.29, 0.717) is 19.3 Å². The van der Waals surface area contributed by atoms with Gasteiger partial charge in [0.2, 0.25) is 0 Å². The first-order chi connectivity index (χ1) is 40.0. The average molecular weight is 1120 g/mol. The molecule has 0 N–H and O–H groups in total. The molecule has 0 fully saturated rings. The fourth-order valence-electron chi connectivity index (χ4n) is 8.40. The van der Waals surface area contributed by atoms with Crippen LogP contribution in [0.3, 0.4) is 0 Å². The maximum absolute atomic E-state index is 12.9. The van der Waals surface area contributed by atoms with Crippen molar-refractivity contribution in [2.75, 3.05) is 13.2 Å². The Morgan fingerprint density at radius 1 is 0.259 bits per heavy atom. The van der Waals surface area contributed by atoms with Crippen LogP contribution in [0.25, 0.3) is 0 Å². The van der Waals surface area contributed by atoms with Crippen molar-refractivity contribution in [3.63, 3.8) is 0 Å². The van der Waals surface area contributed by atoms with E-state index in [0.717, 1.165) is 167 Å². The monoisotopic (exact) mass is 1110 g/mol. The summed E-state index contributed by atoms with van der Waals surface area (Å²) in [5, 5.41) is 0. The number of hydrogen-bond donors (Lipinski definition) is 0. The van der Waals surface area contributed by atoms with Crippen molar-refractivity contribution >= 4 is 17.9 Å². The molecule has 0 aliphatic heterocycles. The summed E-state index contributed by atoms with van der Waals surface area (Å²) >= 11 is 0. The maximum atomic E-state index is 12.9. The first kappa shape index (κ1) is 75.8. The number of carbonyl (C=O) groups is 3.